The fourth-order valence-electron chi connectivity index (χ4n) is 2.03. The molecular formula is C14H17NO4S2. The molecule has 21 heavy (non-hydrogen) atoms. The van der Waals surface area contributed by atoms with Gasteiger partial charge in [-0.15, -0.1) is 11.3 Å². The molecule has 0 aliphatic heterocycles. The van der Waals surface area contributed by atoms with E-state index in [1.807, 2.05) is 6.92 Å². The van der Waals surface area contributed by atoms with Gasteiger partial charge in [0.25, 0.3) is 0 Å². The van der Waals surface area contributed by atoms with Gasteiger partial charge < -0.3 is 9.47 Å². The molecule has 0 unspecified atom stereocenters. The van der Waals surface area contributed by atoms with Crippen LogP contribution in [-0.2, 0) is 16.6 Å². The van der Waals surface area contributed by atoms with E-state index in [9.17, 15) is 8.42 Å². The molecule has 2 rings (SSSR count). The van der Waals surface area contributed by atoms with Gasteiger partial charge in [-0.2, -0.15) is 0 Å². The molecule has 0 radical (unpaired) electrons. The van der Waals surface area contributed by atoms with Crippen molar-refractivity contribution in [1.82, 2.24) is 4.72 Å². The Hall–Kier alpha value is -1.57. The SMILES string of the molecule is COc1ccc(CNS(=O)(=O)c2cccs2)c(OC)c1C. The van der Waals surface area contributed by atoms with E-state index < -0.39 is 10.0 Å². The Morgan fingerprint density at radius 3 is 2.52 bits per heavy atom. The third-order valence-electron chi connectivity index (χ3n) is 3.07. The van der Waals surface area contributed by atoms with E-state index in [4.69, 9.17) is 9.47 Å². The van der Waals surface area contributed by atoms with Gasteiger partial charge in [0.1, 0.15) is 15.7 Å². The average Bonchev–Trinajstić information content (AvgIpc) is 3.00. The van der Waals surface area contributed by atoms with Gasteiger partial charge in [-0.05, 0) is 24.4 Å². The topological polar surface area (TPSA) is 64.6 Å². The molecule has 114 valence electrons. The van der Waals surface area contributed by atoms with Gasteiger partial charge in [-0.1, -0.05) is 12.1 Å². The van der Waals surface area contributed by atoms with Gasteiger partial charge in [-0.3, -0.25) is 0 Å². The van der Waals surface area contributed by atoms with E-state index in [0.29, 0.717) is 15.7 Å². The van der Waals surface area contributed by atoms with Crippen molar-refractivity contribution >= 4 is 21.4 Å². The lowest BCUT2D eigenvalue weighted by Gasteiger charge is -2.14. The monoisotopic (exact) mass is 327 g/mol. The molecule has 1 aromatic carbocycles. The largest absolute Gasteiger partial charge is 0.496 e. The molecule has 1 aromatic heterocycles. The quantitative estimate of drug-likeness (QED) is 0.885. The zero-order valence-electron chi connectivity index (χ0n) is 12.0. The molecule has 0 saturated carbocycles. The van der Waals surface area contributed by atoms with E-state index in [0.717, 1.165) is 11.1 Å². The molecule has 1 heterocycles. The Balaban J connectivity index is 2.23. The number of thiophene rings is 1. The van der Waals surface area contributed by atoms with Crippen LogP contribution < -0.4 is 14.2 Å². The lowest BCUT2D eigenvalue weighted by molar-refractivity contribution is 0.385. The summed E-state index contributed by atoms with van der Waals surface area (Å²) in [5, 5.41) is 1.73. The summed E-state index contributed by atoms with van der Waals surface area (Å²) in [7, 11) is -0.348. The Morgan fingerprint density at radius 2 is 1.95 bits per heavy atom. The molecule has 0 spiro atoms. The van der Waals surface area contributed by atoms with Crippen LogP contribution in [0.25, 0.3) is 0 Å². The maximum Gasteiger partial charge on any atom is 0.250 e. The second kappa shape index (κ2) is 6.46. The van der Waals surface area contributed by atoms with Crippen molar-refractivity contribution in [2.45, 2.75) is 17.7 Å². The lowest BCUT2D eigenvalue weighted by atomic mass is 10.1. The maximum atomic E-state index is 12.1. The first-order chi connectivity index (χ1) is 9.99. The maximum absolute atomic E-state index is 12.1. The van der Waals surface area contributed by atoms with Crippen molar-refractivity contribution in [2.24, 2.45) is 0 Å². The number of hydrogen-bond acceptors (Lipinski definition) is 5. The molecular weight excluding hydrogens is 310 g/mol. The molecule has 0 saturated heterocycles. The van der Waals surface area contributed by atoms with Crippen LogP contribution in [0.3, 0.4) is 0 Å². The van der Waals surface area contributed by atoms with Crippen molar-refractivity contribution < 1.29 is 17.9 Å². The minimum atomic E-state index is -3.49. The Kier molecular flexibility index (Phi) is 4.87. The smallest absolute Gasteiger partial charge is 0.250 e. The third-order valence-corrected chi connectivity index (χ3v) is 5.87. The molecule has 0 fully saturated rings. The van der Waals surface area contributed by atoms with Gasteiger partial charge >= 0.3 is 0 Å². The van der Waals surface area contributed by atoms with Crippen LogP contribution in [-0.4, -0.2) is 22.6 Å². The van der Waals surface area contributed by atoms with Crippen LogP contribution in [0.15, 0.2) is 33.9 Å². The average molecular weight is 327 g/mol. The highest BCUT2D eigenvalue weighted by atomic mass is 32.2. The highest BCUT2D eigenvalue weighted by Gasteiger charge is 2.17. The molecule has 0 bridgehead atoms. The number of nitrogens with one attached hydrogen (secondary N) is 1. The summed E-state index contributed by atoms with van der Waals surface area (Å²) in [4.78, 5) is 0. The second-order valence-corrected chi connectivity index (χ2v) is 7.28. The van der Waals surface area contributed by atoms with Crippen molar-refractivity contribution in [1.29, 1.82) is 0 Å². The van der Waals surface area contributed by atoms with Gasteiger partial charge in [-0.25, -0.2) is 13.1 Å². The highest BCUT2D eigenvalue weighted by molar-refractivity contribution is 7.91. The van der Waals surface area contributed by atoms with Crippen molar-refractivity contribution in [3.8, 4) is 11.5 Å². The standard InChI is InChI=1S/C14H17NO4S2/c1-10-12(18-2)7-6-11(14(10)19-3)9-15-21(16,17)13-5-4-8-20-13/h4-8,15H,9H2,1-3H3. The summed E-state index contributed by atoms with van der Waals surface area (Å²) < 4.78 is 37.7. The summed E-state index contributed by atoms with van der Waals surface area (Å²) in [6.45, 7) is 2.03. The van der Waals surface area contributed by atoms with E-state index in [-0.39, 0.29) is 6.54 Å². The van der Waals surface area contributed by atoms with E-state index in [1.165, 1.54) is 11.3 Å². The third kappa shape index (κ3) is 3.37. The Bertz CT molecular complexity index is 709. The summed E-state index contributed by atoms with van der Waals surface area (Å²) in [5.41, 5.74) is 1.60. The minimum Gasteiger partial charge on any atom is -0.496 e. The predicted molar refractivity (Wildman–Crippen MR) is 82.6 cm³/mol. The molecule has 0 atom stereocenters. The van der Waals surface area contributed by atoms with Crippen LogP contribution in [0.2, 0.25) is 0 Å². The van der Waals surface area contributed by atoms with Gasteiger partial charge in [0.15, 0.2) is 0 Å². The summed E-state index contributed by atoms with van der Waals surface area (Å²) >= 11 is 1.18. The summed E-state index contributed by atoms with van der Waals surface area (Å²) in [6.07, 6.45) is 0. The van der Waals surface area contributed by atoms with Crippen LogP contribution in [0.4, 0.5) is 0 Å². The first-order valence-corrected chi connectivity index (χ1v) is 8.59. The van der Waals surface area contributed by atoms with Crippen molar-refractivity contribution in [3.63, 3.8) is 0 Å². The van der Waals surface area contributed by atoms with E-state index in [1.54, 1.807) is 43.9 Å². The zero-order chi connectivity index (χ0) is 15.5. The fraction of sp³-hybridized carbons (Fsp3) is 0.286. The van der Waals surface area contributed by atoms with Crippen LogP contribution in [0.1, 0.15) is 11.1 Å². The second-order valence-electron chi connectivity index (χ2n) is 4.34. The number of sulfonamides is 1. The normalized spacial score (nSPS) is 11.4. The summed E-state index contributed by atoms with van der Waals surface area (Å²) in [6, 6.07) is 6.87. The van der Waals surface area contributed by atoms with Crippen molar-refractivity contribution in [2.75, 3.05) is 14.2 Å². The molecule has 7 heteroatoms. The van der Waals surface area contributed by atoms with Crippen LogP contribution in [0, 0.1) is 6.92 Å². The number of ether oxygens (including phenoxy) is 2. The van der Waals surface area contributed by atoms with E-state index >= 15 is 0 Å². The highest BCUT2D eigenvalue weighted by Crippen LogP contribution is 2.31. The Labute approximate surface area is 128 Å². The molecule has 2 aromatic rings. The van der Waals surface area contributed by atoms with Gasteiger partial charge in [0.2, 0.25) is 10.0 Å². The number of methoxy groups -OCH3 is 2. The predicted octanol–water partition coefficient (Wildman–Crippen LogP) is 2.55. The summed E-state index contributed by atoms with van der Waals surface area (Å²) in [5.74, 6) is 1.33. The zero-order valence-corrected chi connectivity index (χ0v) is 13.7. The lowest BCUT2D eigenvalue weighted by Crippen LogP contribution is -2.22. The van der Waals surface area contributed by atoms with Crippen LogP contribution in [0.5, 0.6) is 11.5 Å². The van der Waals surface area contributed by atoms with Crippen molar-refractivity contribution in [3.05, 3.63) is 40.8 Å². The van der Waals surface area contributed by atoms with Gasteiger partial charge in [0, 0.05) is 17.7 Å². The van der Waals surface area contributed by atoms with E-state index in [2.05, 4.69) is 4.72 Å². The first-order valence-electron chi connectivity index (χ1n) is 6.23. The number of rotatable bonds is 6. The molecule has 0 amide bonds. The molecule has 1 N–H and O–H groups in total. The fourth-order valence-corrected chi connectivity index (χ4v) is 4.08. The number of hydrogen-bond donors (Lipinski definition) is 1. The first kappa shape index (κ1) is 15.8. The molecule has 5 nitrogen and oxygen atoms in total. The molecule has 0 aliphatic rings. The van der Waals surface area contributed by atoms with Crippen LogP contribution >= 0.6 is 11.3 Å². The Morgan fingerprint density at radius 1 is 1.19 bits per heavy atom. The molecule has 0 aliphatic carbocycles. The van der Waals surface area contributed by atoms with Gasteiger partial charge in [0.05, 0.1) is 14.2 Å². The number of benzene rings is 1. The minimum absolute atomic E-state index is 0.161.